The Morgan fingerprint density at radius 2 is 0.898 bits per heavy atom. The van der Waals surface area contributed by atoms with Gasteiger partial charge >= 0.3 is 0 Å². The van der Waals surface area contributed by atoms with Gasteiger partial charge in [0.2, 0.25) is 0 Å². The molecular formula is C45H30N4. The van der Waals surface area contributed by atoms with Crippen LogP contribution in [0, 0.1) is 0 Å². The summed E-state index contributed by atoms with van der Waals surface area (Å²) in [4.78, 5) is 10.1. The van der Waals surface area contributed by atoms with Crippen LogP contribution in [0.15, 0.2) is 182 Å². The SMILES string of the molecule is c1ccc(-c2cc(-c3cccc(-c4c(-c5ccccc5)n5ncc(-c6ccccc6)c5c5ccccc45)c3)nc(-c3ccccc3)n2)cc1. The first-order chi connectivity index (χ1) is 24.3. The average Bonchev–Trinajstić information content (AvgIpc) is 3.64. The minimum Gasteiger partial charge on any atom is -0.231 e. The lowest BCUT2D eigenvalue weighted by atomic mass is 9.91. The van der Waals surface area contributed by atoms with Crippen LogP contribution in [0.1, 0.15) is 0 Å². The molecule has 3 heterocycles. The molecule has 9 rings (SSSR count). The zero-order chi connectivity index (χ0) is 32.6. The third kappa shape index (κ3) is 5.16. The Hall–Kier alpha value is -6.65. The Bertz CT molecular complexity index is 2520. The molecule has 0 aliphatic rings. The Kier molecular flexibility index (Phi) is 7.10. The van der Waals surface area contributed by atoms with Gasteiger partial charge in [0.15, 0.2) is 5.82 Å². The summed E-state index contributed by atoms with van der Waals surface area (Å²) in [7, 11) is 0. The molecule has 0 spiro atoms. The second-order valence-electron chi connectivity index (χ2n) is 12.1. The van der Waals surface area contributed by atoms with Crippen molar-refractivity contribution in [1.82, 2.24) is 19.6 Å². The molecule has 0 radical (unpaired) electrons. The molecule has 0 atom stereocenters. The fraction of sp³-hybridized carbons (Fsp3) is 0. The molecular weight excluding hydrogens is 597 g/mol. The molecule has 4 nitrogen and oxygen atoms in total. The average molecular weight is 627 g/mol. The van der Waals surface area contributed by atoms with Crippen LogP contribution in [0.25, 0.3) is 83.7 Å². The Morgan fingerprint density at radius 1 is 0.388 bits per heavy atom. The highest BCUT2D eigenvalue weighted by Crippen LogP contribution is 2.43. The minimum absolute atomic E-state index is 0.698. The molecule has 0 saturated carbocycles. The smallest absolute Gasteiger partial charge is 0.160 e. The van der Waals surface area contributed by atoms with E-state index < -0.39 is 0 Å². The maximum absolute atomic E-state index is 5.14. The largest absolute Gasteiger partial charge is 0.231 e. The van der Waals surface area contributed by atoms with Gasteiger partial charge in [0, 0.05) is 38.8 Å². The standard InChI is InChI=1S/C45H30N4/c1-5-16-31(17-6-1)39-30-46-49-43(33-20-9-3-10-21-33)42(37-26-13-14-27-38(37)44(39)49)36-25-15-24-35(28-36)41-29-40(32-18-7-2-8-19-32)47-45(48-41)34-22-11-4-12-23-34/h1-30H. The van der Waals surface area contributed by atoms with Crippen molar-refractivity contribution in [2.75, 3.05) is 0 Å². The molecule has 0 bridgehead atoms. The van der Waals surface area contributed by atoms with Gasteiger partial charge in [0.1, 0.15) is 0 Å². The van der Waals surface area contributed by atoms with Gasteiger partial charge in [-0.15, -0.1) is 0 Å². The quantitative estimate of drug-likeness (QED) is 0.184. The third-order valence-electron chi connectivity index (χ3n) is 9.08. The number of fused-ring (bicyclic) bond motifs is 3. The number of benzene rings is 6. The third-order valence-corrected chi connectivity index (χ3v) is 9.08. The van der Waals surface area contributed by atoms with E-state index in [-0.39, 0.29) is 0 Å². The van der Waals surface area contributed by atoms with Gasteiger partial charge in [-0.2, -0.15) is 5.10 Å². The molecule has 4 heteroatoms. The summed E-state index contributed by atoms with van der Waals surface area (Å²) in [6.45, 7) is 0. The van der Waals surface area contributed by atoms with E-state index in [4.69, 9.17) is 15.1 Å². The Morgan fingerprint density at radius 3 is 1.57 bits per heavy atom. The fourth-order valence-electron chi connectivity index (χ4n) is 6.80. The van der Waals surface area contributed by atoms with Crippen molar-refractivity contribution in [2.24, 2.45) is 0 Å². The predicted molar refractivity (Wildman–Crippen MR) is 201 cm³/mol. The normalized spacial score (nSPS) is 11.3. The predicted octanol–water partition coefficient (Wildman–Crippen LogP) is 11.3. The van der Waals surface area contributed by atoms with Crippen LogP contribution >= 0.6 is 0 Å². The summed E-state index contributed by atoms with van der Waals surface area (Å²) in [5.41, 5.74) is 12.5. The number of hydrogen-bond donors (Lipinski definition) is 0. The van der Waals surface area contributed by atoms with Gasteiger partial charge in [-0.25, -0.2) is 14.5 Å². The summed E-state index contributed by atoms with van der Waals surface area (Å²) in [6, 6.07) is 61.1. The van der Waals surface area contributed by atoms with Crippen LogP contribution in [0.4, 0.5) is 0 Å². The first-order valence-corrected chi connectivity index (χ1v) is 16.5. The second kappa shape index (κ2) is 12.2. The van der Waals surface area contributed by atoms with Crippen LogP contribution in [-0.4, -0.2) is 19.6 Å². The van der Waals surface area contributed by atoms with Crippen molar-refractivity contribution in [2.45, 2.75) is 0 Å². The number of hydrogen-bond acceptors (Lipinski definition) is 3. The van der Waals surface area contributed by atoms with E-state index in [1.807, 2.05) is 42.6 Å². The van der Waals surface area contributed by atoms with E-state index in [0.717, 1.165) is 72.5 Å². The number of nitrogens with zero attached hydrogens (tertiary/aromatic N) is 4. The van der Waals surface area contributed by atoms with Crippen molar-refractivity contribution in [3.05, 3.63) is 182 Å². The van der Waals surface area contributed by atoms with Gasteiger partial charge in [-0.1, -0.05) is 164 Å². The van der Waals surface area contributed by atoms with Gasteiger partial charge < -0.3 is 0 Å². The number of rotatable bonds is 6. The molecule has 230 valence electrons. The van der Waals surface area contributed by atoms with Gasteiger partial charge in [0.25, 0.3) is 0 Å². The summed E-state index contributed by atoms with van der Waals surface area (Å²) >= 11 is 0. The van der Waals surface area contributed by atoms with Crippen LogP contribution in [-0.2, 0) is 0 Å². The van der Waals surface area contributed by atoms with Crippen molar-refractivity contribution >= 4 is 16.3 Å². The highest BCUT2D eigenvalue weighted by molar-refractivity contribution is 6.13. The molecule has 6 aromatic carbocycles. The zero-order valence-corrected chi connectivity index (χ0v) is 26.6. The van der Waals surface area contributed by atoms with Gasteiger partial charge in [0.05, 0.1) is 28.8 Å². The fourth-order valence-corrected chi connectivity index (χ4v) is 6.80. The van der Waals surface area contributed by atoms with E-state index in [1.165, 1.54) is 5.39 Å². The van der Waals surface area contributed by atoms with E-state index in [0.29, 0.717) is 5.82 Å². The lowest BCUT2D eigenvalue weighted by molar-refractivity contribution is 0.976. The van der Waals surface area contributed by atoms with Crippen molar-refractivity contribution < 1.29 is 0 Å². The first kappa shape index (κ1) is 28.6. The first-order valence-electron chi connectivity index (χ1n) is 16.5. The molecule has 49 heavy (non-hydrogen) atoms. The highest BCUT2D eigenvalue weighted by Gasteiger charge is 2.22. The molecule has 0 N–H and O–H groups in total. The molecule has 0 saturated heterocycles. The van der Waals surface area contributed by atoms with Crippen molar-refractivity contribution in [3.63, 3.8) is 0 Å². The topological polar surface area (TPSA) is 43.1 Å². The zero-order valence-electron chi connectivity index (χ0n) is 26.6. The highest BCUT2D eigenvalue weighted by atomic mass is 15.2. The lowest BCUT2D eigenvalue weighted by Crippen LogP contribution is -2.00. The van der Waals surface area contributed by atoms with E-state index in [9.17, 15) is 0 Å². The molecule has 9 aromatic rings. The lowest BCUT2D eigenvalue weighted by Gasteiger charge is -2.18. The monoisotopic (exact) mass is 626 g/mol. The summed E-state index contributed by atoms with van der Waals surface area (Å²) < 4.78 is 2.13. The van der Waals surface area contributed by atoms with E-state index >= 15 is 0 Å². The Labute approximate surface area is 284 Å². The second-order valence-corrected chi connectivity index (χ2v) is 12.1. The van der Waals surface area contributed by atoms with E-state index in [2.05, 4.69) is 144 Å². The van der Waals surface area contributed by atoms with Crippen LogP contribution in [0.5, 0.6) is 0 Å². The van der Waals surface area contributed by atoms with Crippen molar-refractivity contribution in [3.8, 4) is 67.4 Å². The molecule has 0 aliphatic heterocycles. The Balaban J connectivity index is 1.31. The van der Waals surface area contributed by atoms with E-state index in [1.54, 1.807) is 0 Å². The summed E-state index contributed by atoms with van der Waals surface area (Å²) in [5.74, 6) is 0.698. The molecule has 3 aromatic heterocycles. The molecule has 0 unspecified atom stereocenters. The molecule has 0 amide bonds. The van der Waals surface area contributed by atoms with Crippen LogP contribution in [0.2, 0.25) is 0 Å². The van der Waals surface area contributed by atoms with Gasteiger partial charge in [-0.3, -0.25) is 0 Å². The van der Waals surface area contributed by atoms with Crippen LogP contribution in [0.3, 0.4) is 0 Å². The van der Waals surface area contributed by atoms with Gasteiger partial charge in [-0.05, 0) is 28.6 Å². The maximum Gasteiger partial charge on any atom is 0.160 e. The summed E-state index contributed by atoms with van der Waals surface area (Å²) in [6.07, 6.45) is 2.00. The summed E-state index contributed by atoms with van der Waals surface area (Å²) in [5, 5.41) is 7.39. The maximum atomic E-state index is 5.14. The number of pyridine rings is 1. The van der Waals surface area contributed by atoms with Crippen LogP contribution < -0.4 is 0 Å². The van der Waals surface area contributed by atoms with Crippen molar-refractivity contribution in [1.29, 1.82) is 0 Å². The molecule has 0 fully saturated rings. The molecule has 0 aliphatic carbocycles. The number of aromatic nitrogens is 4. The minimum atomic E-state index is 0.698.